The Morgan fingerprint density at radius 3 is 2.65 bits per heavy atom. The van der Waals surface area contributed by atoms with Crippen molar-refractivity contribution in [1.29, 1.82) is 0 Å². The van der Waals surface area contributed by atoms with Gasteiger partial charge in [-0.1, -0.05) is 29.8 Å². The molecule has 17 heavy (non-hydrogen) atoms. The van der Waals surface area contributed by atoms with Gasteiger partial charge < -0.3 is 9.84 Å². The van der Waals surface area contributed by atoms with Crippen LogP contribution >= 0.6 is 15.9 Å². The van der Waals surface area contributed by atoms with Crippen molar-refractivity contribution in [3.05, 3.63) is 27.7 Å². The molecule has 0 unspecified atom stereocenters. The van der Waals surface area contributed by atoms with Crippen LogP contribution in [0.25, 0.3) is 0 Å². The van der Waals surface area contributed by atoms with E-state index in [4.69, 9.17) is 4.74 Å². The van der Waals surface area contributed by atoms with Crippen molar-refractivity contribution in [1.82, 2.24) is 0 Å². The van der Waals surface area contributed by atoms with Crippen LogP contribution in [0.15, 0.2) is 16.6 Å². The van der Waals surface area contributed by atoms with E-state index < -0.39 is 0 Å². The molecule has 0 aliphatic heterocycles. The fourth-order valence-electron chi connectivity index (χ4n) is 1.79. The lowest BCUT2D eigenvalue weighted by Crippen LogP contribution is -2.03. The van der Waals surface area contributed by atoms with Gasteiger partial charge >= 0.3 is 0 Å². The van der Waals surface area contributed by atoms with E-state index in [1.165, 1.54) is 6.42 Å². The first-order chi connectivity index (χ1) is 8.04. The molecule has 3 heteroatoms. The zero-order chi connectivity index (χ0) is 12.8. The molecule has 1 aromatic carbocycles. The molecule has 96 valence electrons. The van der Waals surface area contributed by atoms with Gasteiger partial charge in [0.15, 0.2) is 0 Å². The Morgan fingerprint density at radius 1 is 1.35 bits per heavy atom. The number of halogens is 1. The SMILES string of the molecule is Cc1cc(Br)cc(CO)c1OCCCC(C)C. The molecule has 0 saturated carbocycles. The number of aryl methyl sites for hydroxylation is 1. The van der Waals surface area contributed by atoms with Crippen molar-refractivity contribution in [2.45, 2.75) is 40.2 Å². The molecular formula is C14H21BrO2. The minimum atomic E-state index is 0.0137. The van der Waals surface area contributed by atoms with Crippen molar-refractivity contribution in [3.8, 4) is 5.75 Å². The molecule has 0 saturated heterocycles. The predicted octanol–water partition coefficient (Wildman–Crippen LogP) is 4.06. The molecule has 0 atom stereocenters. The summed E-state index contributed by atoms with van der Waals surface area (Å²) in [6, 6.07) is 3.92. The van der Waals surface area contributed by atoms with Crippen LogP contribution in [0.3, 0.4) is 0 Å². The molecule has 0 fully saturated rings. The van der Waals surface area contributed by atoms with Gasteiger partial charge in [-0.05, 0) is 43.4 Å². The second-order valence-corrected chi connectivity index (χ2v) is 5.67. The van der Waals surface area contributed by atoms with Crippen LogP contribution < -0.4 is 4.74 Å². The third-order valence-corrected chi connectivity index (χ3v) is 3.12. The lowest BCUT2D eigenvalue weighted by molar-refractivity contribution is 0.257. The Labute approximate surface area is 112 Å². The van der Waals surface area contributed by atoms with Crippen LogP contribution in [0.1, 0.15) is 37.8 Å². The van der Waals surface area contributed by atoms with Crippen molar-refractivity contribution < 1.29 is 9.84 Å². The lowest BCUT2D eigenvalue weighted by atomic mass is 10.1. The van der Waals surface area contributed by atoms with E-state index in [0.717, 1.165) is 27.8 Å². The highest BCUT2D eigenvalue weighted by molar-refractivity contribution is 9.10. The summed E-state index contributed by atoms with van der Waals surface area (Å²) >= 11 is 3.42. The van der Waals surface area contributed by atoms with Gasteiger partial charge in [-0.25, -0.2) is 0 Å². The second-order valence-electron chi connectivity index (χ2n) is 4.75. The minimum Gasteiger partial charge on any atom is -0.493 e. The molecule has 1 aromatic rings. The number of rotatable bonds is 6. The Hall–Kier alpha value is -0.540. The summed E-state index contributed by atoms with van der Waals surface area (Å²) in [5.41, 5.74) is 1.91. The zero-order valence-electron chi connectivity index (χ0n) is 10.8. The number of hydrogen-bond acceptors (Lipinski definition) is 2. The fourth-order valence-corrected chi connectivity index (χ4v) is 2.41. The van der Waals surface area contributed by atoms with E-state index >= 15 is 0 Å². The van der Waals surface area contributed by atoms with Crippen LogP contribution in [0.5, 0.6) is 5.75 Å². The van der Waals surface area contributed by atoms with Gasteiger partial charge in [0.2, 0.25) is 0 Å². The third-order valence-electron chi connectivity index (χ3n) is 2.66. The first kappa shape index (κ1) is 14.5. The summed E-state index contributed by atoms with van der Waals surface area (Å²) in [6.45, 7) is 7.16. The van der Waals surface area contributed by atoms with Gasteiger partial charge in [-0.3, -0.25) is 0 Å². The molecule has 0 aliphatic rings. The first-order valence-corrected chi connectivity index (χ1v) is 6.86. The summed E-state index contributed by atoms with van der Waals surface area (Å²) in [4.78, 5) is 0. The molecule has 2 nitrogen and oxygen atoms in total. The largest absolute Gasteiger partial charge is 0.493 e. The molecule has 0 spiro atoms. The Bertz CT molecular complexity index is 361. The normalized spacial score (nSPS) is 10.9. The van der Waals surface area contributed by atoms with Crippen LogP contribution in [0.2, 0.25) is 0 Å². The molecule has 0 heterocycles. The first-order valence-electron chi connectivity index (χ1n) is 6.07. The monoisotopic (exact) mass is 300 g/mol. The number of hydrogen-bond donors (Lipinski definition) is 1. The number of benzene rings is 1. The van der Waals surface area contributed by atoms with Crippen molar-refractivity contribution in [3.63, 3.8) is 0 Å². The molecule has 0 aliphatic carbocycles. The highest BCUT2D eigenvalue weighted by atomic mass is 79.9. The van der Waals surface area contributed by atoms with Gasteiger partial charge in [0.05, 0.1) is 13.2 Å². The number of ether oxygens (including phenoxy) is 1. The topological polar surface area (TPSA) is 29.5 Å². The van der Waals surface area contributed by atoms with Gasteiger partial charge in [0.25, 0.3) is 0 Å². The van der Waals surface area contributed by atoms with E-state index in [0.29, 0.717) is 12.5 Å². The maximum atomic E-state index is 9.31. The smallest absolute Gasteiger partial charge is 0.127 e. The van der Waals surface area contributed by atoms with E-state index in [2.05, 4.69) is 29.8 Å². The molecular weight excluding hydrogens is 280 g/mol. The third kappa shape index (κ3) is 4.68. The average Bonchev–Trinajstić information content (AvgIpc) is 2.25. The summed E-state index contributed by atoms with van der Waals surface area (Å²) < 4.78 is 6.76. The summed E-state index contributed by atoms with van der Waals surface area (Å²) in [5, 5.41) is 9.31. The molecule has 1 rings (SSSR count). The van der Waals surface area contributed by atoms with E-state index in [1.807, 2.05) is 19.1 Å². The molecule has 0 amide bonds. The Kier molecular flexibility index (Phi) is 6.00. The maximum Gasteiger partial charge on any atom is 0.127 e. The van der Waals surface area contributed by atoms with Gasteiger partial charge in [0.1, 0.15) is 5.75 Å². The Balaban J connectivity index is 2.63. The molecule has 0 radical (unpaired) electrons. The Morgan fingerprint density at radius 2 is 2.06 bits per heavy atom. The summed E-state index contributed by atoms with van der Waals surface area (Å²) in [6.07, 6.45) is 2.22. The number of aliphatic hydroxyl groups excluding tert-OH is 1. The molecule has 0 bridgehead atoms. The van der Waals surface area contributed by atoms with Crippen LogP contribution in [-0.2, 0) is 6.61 Å². The van der Waals surface area contributed by atoms with Crippen molar-refractivity contribution in [2.24, 2.45) is 5.92 Å². The second kappa shape index (κ2) is 7.02. The predicted molar refractivity (Wildman–Crippen MR) is 74.4 cm³/mol. The highest BCUT2D eigenvalue weighted by Gasteiger charge is 2.08. The van der Waals surface area contributed by atoms with Crippen LogP contribution in [-0.4, -0.2) is 11.7 Å². The maximum absolute atomic E-state index is 9.31. The minimum absolute atomic E-state index is 0.0137. The van der Waals surface area contributed by atoms with Crippen molar-refractivity contribution in [2.75, 3.05) is 6.61 Å². The highest BCUT2D eigenvalue weighted by Crippen LogP contribution is 2.28. The van der Waals surface area contributed by atoms with Crippen LogP contribution in [0.4, 0.5) is 0 Å². The fraction of sp³-hybridized carbons (Fsp3) is 0.571. The molecule has 1 N–H and O–H groups in total. The van der Waals surface area contributed by atoms with Gasteiger partial charge in [-0.15, -0.1) is 0 Å². The van der Waals surface area contributed by atoms with Crippen LogP contribution in [0, 0.1) is 12.8 Å². The molecule has 0 aromatic heterocycles. The van der Waals surface area contributed by atoms with E-state index in [9.17, 15) is 5.11 Å². The quantitative estimate of drug-likeness (QED) is 0.803. The zero-order valence-corrected chi connectivity index (χ0v) is 12.4. The van der Waals surface area contributed by atoms with Crippen molar-refractivity contribution >= 4 is 15.9 Å². The van der Waals surface area contributed by atoms with E-state index in [1.54, 1.807) is 0 Å². The standard InChI is InChI=1S/C14H21BrO2/c1-10(2)5-4-6-17-14-11(3)7-13(15)8-12(14)9-16/h7-8,10,16H,4-6,9H2,1-3H3. The lowest BCUT2D eigenvalue weighted by Gasteiger charge is -2.14. The van der Waals surface area contributed by atoms with E-state index in [-0.39, 0.29) is 6.61 Å². The summed E-state index contributed by atoms with van der Waals surface area (Å²) in [7, 11) is 0. The van der Waals surface area contributed by atoms with Gasteiger partial charge in [-0.2, -0.15) is 0 Å². The van der Waals surface area contributed by atoms with Gasteiger partial charge in [0, 0.05) is 10.0 Å². The number of aliphatic hydroxyl groups is 1. The average molecular weight is 301 g/mol. The summed E-state index contributed by atoms with van der Waals surface area (Å²) in [5.74, 6) is 1.54.